The molecule has 1 aliphatic rings. The van der Waals surface area contributed by atoms with Crippen LogP contribution in [0.5, 0.6) is 17.2 Å². The number of carbonyl (C=O) groups is 1. The van der Waals surface area contributed by atoms with Gasteiger partial charge in [-0.25, -0.2) is 9.79 Å². The zero-order chi connectivity index (χ0) is 32.4. The molecule has 8 nitrogen and oxygen atoms in total. The van der Waals surface area contributed by atoms with E-state index >= 15 is 0 Å². The van der Waals surface area contributed by atoms with Crippen LogP contribution in [0.2, 0.25) is 0 Å². The fraction of sp³-hybridized carbons (Fsp3) is 0.219. The number of allylic oxidation sites excluding steroid dienone is 1. The van der Waals surface area contributed by atoms with Crippen molar-refractivity contribution in [3.8, 4) is 17.2 Å². The third kappa shape index (κ3) is 7.21. The summed E-state index contributed by atoms with van der Waals surface area (Å²) in [5, 5.41) is 0. The molecule has 1 atom stereocenters. The molecule has 4 aromatic rings. The summed E-state index contributed by atoms with van der Waals surface area (Å²) >= 11 is 12.9. The van der Waals surface area contributed by atoms with Crippen molar-refractivity contribution in [1.29, 1.82) is 0 Å². The average molecular weight is 980 g/mol. The van der Waals surface area contributed by atoms with Crippen LogP contribution in [-0.2, 0) is 16.1 Å². The van der Waals surface area contributed by atoms with Gasteiger partial charge in [0.15, 0.2) is 16.3 Å². The van der Waals surface area contributed by atoms with Gasteiger partial charge in [0.25, 0.3) is 5.56 Å². The highest BCUT2D eigenvalue weighted by atomic mass is 127. The number of halogens is 4. The summed E-state index contributed by atoms with van der Waals surface area (Å²) in [6, 6.07) is 14.7. The number of benzene rings is 3. The summed E-state index contributed by atoms with van der Waals surface area (Å²) in [5.41, 5.74) is 3.01. The molecule has 0 amide bonds. The van der Waals surface area contributed by atoms with Crippen LogP contribution in [0.25, 0.3) is 6.08 Å². The van der Waals surface area contributed by atoms with Gasteiger partial charge >= 0.3 is 5.97 Å². The van der Waals surface area contributed by atoms with Crippen LogP contribution in [0.15, 0.2) is 78.5 Å². The van der Waals surface area contributed by atoms with Gasteiger partial charge in [0.05, 0.1) is 49.8 Å². The van der Waals surface area contributed by atoms with Gasteiger partial charge in [0.2, 0.25) is 0 Å². The molecule has 0 saturated heterocycles. The molecule has 0 radical (unpaired) electrons. The maximum atomic E-state index is 14.1. The highest BCUT2D eigenvalue weighted by Crippen LogP contribution is 2.41. The number of ether oxygens (including phenoxy) is 4. The van der Waals surface area contributed by atoms with E-state index < -0.39 is 12.0 Å². The lowest BCUT2D eigenvalue weighted by atomic mass is 9.95. The van der Waals surface area contributed by atoms with E-state index in [1.807, 2.05) is 42.5 Å². The van der Waals surface area contributed by atoms with Gasteiger partial charge in [-0.3, -0.25) is 9.36 Å². The molecule has 0 bridgehead atoms. The van der Waals surface area contributed by atoms with Crippen molar-refractivity contribution in [2.24, 2.45) is 4.99 Å². The van der Waals surface area contributed by atoms with Crippen molar-refractivity contribution in [3.63, 3.8) is 0 Å². The number of fused-ring (bicyclic) bond motifs is 1. The van der Waals surface area contributed by atoms with Gasteiger partial charge in [0, 0.05) is 8.95 Å². The molecule has 45 heavy (non-hydrogen) atoms. The first-order valence-corrected chi connectivity index (χ1v) is 18.1. The second-order valence-corrected chi connectivity index (χ2v) is 14.9. The van der Waals surface area contributed by atoms with Crippen molar-refractivity contribution in [3.05, 3.63) is 112 Å². The van der Waals surface area contributed by atoms with Crippen LogP contribution in [0.3, 0.4) is 0 Å². The molecule has 2 heterocycles. The first-order chi connectivity index (χ1) is 21.6. The smallest absolute Gasteiger partial charge is 0.338 e. The fourth-order valence-corrected chi connectivity index (χ4v) is 8.83. The lowest BCUT2D eigenvalue weighted by Crippen LogP contribution is -2.40. The molecule has 13 heteroatoms. The minimum Gasteiger partial charge on any atom is -0.493 e. The largest absolute Gasteiger partial charge is 0.493 e. The van der Waals surface area contributed by atoms with Crippen molar-refractivity contribution < 1.29 is 23.7 Å². The first-order valence-electron chi connectivity index (χ1n) is 13.5. The molecule has 0 aliphatic carbocycles. The molecule has 234 valence electrons. The van der Waals surface area contributed by atoms with E-state index in [1.165, 1.54) is 18.4 Å². The molecule has 0 N–H and O–H groups in total. The maximum absolute atomic E-state index is 14.1. The molecule has 5 rings (SSSR count). The maximum Gasteiger partial charge on any atom is 0.338 e. The molecule has 0 fully saturated rings. The summed E-state index contributed by atoms with van der Waals surface area (Å²) < 4.78 is 28.1. The number of hydrogen-bond acceptors (Lipinski definition) is 8. The number of methoxy groups -OCH3 is 2. The van der Waals surface area contributed by atoms with E-state index in [-0.39, 0.29) is 17.7 Å². The van der Waals surface area contributed by atoms with Crippen molar-refractivity contribution in [2.75, 3.05) is 20.8 Å². The molecular formula is C32H26Br2I2N2O6S. The zero-order valence-electron chi connectivity index (χ0n) is 24.5. The van der Waals surface area contributed by atoms with E-state index in [0.717, 1.165) is 28.5 Å². The quantitative estimate of drug-likeness (QED) is 0.131. The van der Waals surface area contributed by atoms with Crippen molar-refractivity contribution in [2.45, 2.75) is 26.5 Å². The number of hydrogen-bond donors (Lipinski definition) is 0. The first kappa shape index (κ1) is 34.1. The lowest BCUT2D eigenvalue weighted by molar-refractivity contribution is -0.139. The summed E-state index contributed by atoms with van der Waals surface area (Å²) in [7, 11) is 3.08. The summed E-state index contributed by atoms with van der Waals surface area (Å²) in [4.78, 5) is 32.6. The average Bonchev–Trinajstić information content (AvgIpc) is 3.30. The minimum atomic E-state index is -0.814. The predicted molar refractivity (Wildman–Crippen MR) is 198 cm³/mol. The Morgan fingerprint density at radius 3 is 2.31 bits per heavy atom. The molecule has 0 unspecified atom stereocenters. The fourth-order valence-electron chi connectivity index (χ4n) is 4.85. The van der Waals surface area contributed by atoms with Crippen molar-refractivity contribution >= 4 is 100 Å². The van der Waals surface area contributed by atoms with Crippen LogP contribution in [0.1, 0.15) is 36.6 Å². The Bertz CT molecular complexity index is 1980. The van der Waals surface area contributed by atoms with E-state index in [9.17, 15) is 9.59 Å². The van der Waals surface area contributed by atoms with Crippen molar-refractivity contribution in [1.82, 2.24) is 4.57 Å². The van der Waals surface area contributed by atoms with Gasteiger partial charge in [-0.15, -0.1) is 0 Å². The predicted octanol–water partition coefficient (Wildman–Crippen LogP) is 7.13. The van der Waals surface area contributed by atoms with E-state index in [0.29, 0.717) is 43.2 Å². The number of thiazole rings is 1. The van der Waals surface area contributed by atoms with Crippen LogP contribution in [0, 0.1) is 7.14 Å². The number of nitrogens with zero attached hydrogens (tertiary/aromatic N) is 2. The normalized spacial score (nSPS) is 14.6. The third-order valence-corrected chi connectivity index (χ3v) is 10.7. The van der Waals surface area contributed by atoms with Gasteiger partial charge in [-0.1, -0.05) is 55.3 Å². The van der Waals surface area contributed by atoms with Crippen LogP contribution in [-0.4, -0.2) is 31.4 Å². The highest BCUT2D eigenvalue weighted by Gasteiger charge is 2.35. The highest BCUT2D eigenvalue weighted by molar-refractivity contribution is 14.1. The molecule has 0 saturated carbocycles. The number of esters is 1. The topological polar surface area (TPSA) is 88.4 Å². The van der Waals surface area contributed by atoms with E-state index in [2.05, 4.69) is 82.0 Å². The van der Waals surface area contributed by atoms with Gasteiger partial charge < -0.3 is 18.9 Å². The standard InChI is InChI=1S/C32H26Br2I2N2O6S/c1-5-43-31(40)27-16(2)37-32-38(28(27)20-13-24(41-3)25(42-4)14-21(20)34)30(39)26(45-32)12-18-10-22(35)29(23(36)11-18)44-15-17-6-8-19(33)9-7-17/h6-14,28H,5,15H2,1-4H3/b26-12-/t28-/m1/s1. The summed E-state index contributed by atoms with van der Waals surface area (Å²) in [6.07, 6.45) is 1.84. The van der Waals surface area contributed by atoms with E-state index in [1.54, 1.807) is 37.7 Å². The Balaban J connectivity index is 1.60. The number of aromatic nitrogens is 1. The Morgan fingerprint density at radius 1 is 1.04 bits per heavy atom. The van der Waals surface area contributed by atoms with E-state index in [4.69, 9.17) is 18.9 Å². The molecule has 3 aromatic carbocycles. The summed E-state index contributed by atoms with van der Waals surface area (Å²) in [6.45, 7) is 4.11. The van der Waals surface area contributed by atoms with Crippen LogP contribution >= 0.6 is 88.4 Å². The minimum absolute atomic E-state index is 0.181. The second-order valence-electron chi connectivity index (χ2n) is 9.76. The third-order valence-electron chi connectivity index (χ3n) is 6.93. The number of carbonyl (C=O) groups excluding carboxylic acids is 1. The Labute approximate surface area is 307 Å². The Morgan fingerprint density at radius 2 is 1.69 bits per heavy atom. The monoisotopic (exact) mass is 978 g/mol. The second kappa shape index (κ2) is 14.7. The molecule has 0 spiro atoms. The Kier molecular flexibility index (Phi) is 11.1. The summed E-state index contributed by atoms with van der Waals surface area (Å²) in [5.74, 6) is 1.21. The van der Waals surface area contributed by atoms with Gasteiger partial charge in [-0.2, -0.15) is 0 Å². The van der Waals surface area contributed by atoms with Crippen LogP contribution < -0.4 is 29.1 Å². The zero-order valence-corrected chi connectivity index (χ0v) is 32.8. The number of rotatable bonds is 9. The molecule has 1 aromatic heterocycles. The van der Waals surface area contributed by atoms with Gasteiger partial charge in [-0.05, 0) is 118 Å². The SMILES string of the molecule is CCOC(=O)C1=C(C)N=c2s/c(=C\c3cc(I)c(OCc4ccc(Br)cc4)c(I)c3)c(=O)n2[C@@H]1c1cc(OC)c(OC)cc1Br. The van der Waals surface area contributed by atoms with Gasteiger partial charge in [0.1, 0.15) is 12.4 Å². The van der Waals surface area contributed by atoms with Crippen LogP contribution in [0.4, 0.5) is 0 Å². The molecular weight excluding hydrogens is 954 g/mol. The lowest BCUT2D eigenvalue weighted by Gasteiger charge is -2.26. The Hall–Kier alpha value is -2.21. The molecule has 1 aliphatic heterocycles.